The fourth-order valence-electron chi connectivity index (χ4n) is 3.40. The number of carbonyl (C=O) groups is 2. The highest BCUT2D eigenvalue weighted by atomic mass is 19.4. The number of hydrogen-bond donors (Lipinski definition) is 1. The van der Waals surface area contributed by atoms with Crippen LogP contribution in [-0.4, -0.2) is 33.0 Å². The number of carbonyl (C=O) groups excluding carboxylic acids is 2. The summed E-state index contributed by atoms with van der Waals surface area (Å²) in [5, 5.41) is 6.84. The lowest BCUT2D eigenvalue weighted by Gasteiger charge is -2.22. The van der Waals surface area contributed by atoms with E-state index in [0.29, 0.717) is 11.4 Å². The molecular weight excluding hydrogens is 432 g/mol. The molecule has 1 aliphatic heterocycles. The van der Waals surface area contributed by atoms with Gasteiger partial charge in [-0.1, -0.05) is 18.2 Å². The molecule has 1 aliphatic rings. The molecule has 1 unspecified atom stereocenters. The van der Waals surface area contributed by atoms with Crippen LogP contribution in [0.1, 0.15) is 18.2 Å². The Kier molecular flexibility index (Phi) is 5.11. The molecule has 0 spiro atoms. The Morgan fingerprint density at radius 2 is 1.81 bits per heavy atom. The van der Waals surface area contributed by atoms with E-state index in [-0.39, 0.29) is 12.1 Å². The molecule has 2 heterocycles. The standard InChI is InChI=1S/C21H16F4N4O3/c1-20(13-5-7-17(8-6-13)32-21(23,24)25)18(30)28(19(31)26-20)12-15-9-10-29(27-15)16-4-2-3-14(22)11-16/h2-11H,12H2,1H3,(H,26,31). The molecule has 4 rings (SSSR count). The zero-order valence-electron chi connectivity index (χ0n) is 16.6. The Morgan fingerprint density at radius 3 is 2.47 bits per heavy atom. The van der Waals surface area contributed by atoms with Gasteiger partial charge in [-0.2, -0.15) is 5.10 Å². The molecule has 1 fully saturated rings. The van der Waals surface area contributed by atoms with Crippen LogP contribution in [0.4, 0.5) is 22.4 Å². The number of nitrogens with zero attached hydrogens (tertiary/aromatic N) is 3. The van der Waals surface area contributed by atoms with Crippen LogP contribution in [0.25, 0.3) is 5.69 Å². The number of rotatable bonds is 5. The Balaban J connectivity index is 1.52. The zero-order chi connectivity index (χ0) is 23.1. The van der Waals surface area contributed by atoms with E-state index in [1.807, 2.05) is 0 Å². The number of imide groups is 1. The normalized spacial score (nSPS) is 18.7. The lowest BCUT2D eigenvalue weighted by molar-refractivity contribution is -0.274. The van der Waals surface area contributed by atoms with Crippen molar-refractivity contribution in [3.05, 3.63) is 77.9 Å². The molecule has 1 saturated heterocycles. The fraction of sp³-hybridized carbons (Fsp3) is 0.190. The van der Waals surface area contributed by atoms with Gasteiger partial charge >= 0.3 is 12.4 Å². The van der Waals surface area contributed by atoms with Crippen LogP contribution >= 0.6 is 0 Å². The van der Waals surface area contributed by atoms with Gasteiger partial charge in [0.25, 0.3) is 5.91 Å². The van der Waals surface area contributed by atoms with Crippen molar-refractivity contribution < 1.29 is 31.9 Å². The molecule has 166 valence electrons. The van der Waals surface area contributed by atoms with Gasteiger partial charge in [-0.05, 0) is 48.9 Å². The molecule has 1 aromatic heterocycles. The summed E-state index contributed by atoms with van der Waals surface area (Å²) in [7, 11) is 0. The first-order valence-electron chi connectivity index (χ1n) is 9.36. The van der Waals surface area contributed by atoms with Crippen molar-refractivity contribution in [2.75, 3.05) is 0 Å². The number of nitrogens with one attached hydrogen (secondary N) is 1. The fourth-order valence-corrected chi connectivity index (χ4v) is 3.40. The average molecular weight is 448 g/mol. The van der Waals surface area contributed by atoms with Crippen LogP contribution < -0.4 is 10.1 Å². The van der Waals surface area contributed by atoms with Gasteiger partial charge in [-0.15, -0.1) is 13.2 Å². The number of aromatic nitrogens is 2. The molecule has 0 bridgehead atoms. The second-order valence-electron chi connectivity index (χ2n) is 7.25. The third-order valence-electron chi connectivity index (χ3n) is 4.98. The van der Waals surface area contributed by atoms with Crippen molar-refractivity contribution in [1.82, 2.24) is 20.0 Å². The van der Waals surface area contributed by atoms with Crippen LogP contribution in [0.3, 0.4) is 0 Å². The summed E-state index contributed by atoms with van der Waals surface area (Å²) in [6.45, 7) is 1.32. The minimum atomic E-state index is -4.84. The lowest BCUT2D eigenvalue weighted by atomic mass is 9.92. The maximum atomic E-state index is 13.4. The van der Waals surface area contributed by atoms with E-state index in [1.165, 1.54) is 41.9 Å². The van der Waals surface area contributed by atoms with Crippen molar-refractivity contribution in [3.63, 3.8) is 0 Å². The van der Waals surface area contributed by atoms with E-state index in [0.717, 1.165) is 17.0 Å². The smallest absolute Gasteiger partial charge is 0.406 e. The van der Waals surface area contributed by atoms with Crippen molar-refractivity contribution in [2.45, 2.75) is 25.4 Å². The molecule has 7 nitrogen and oxygen atoms in total. The van der Waals surface area contributed by atoms with E-state index >= 15 is 0 Å². The Labute approximate surface area is 179 Å². The van der Waals surface area contributed by atoms with Crippen molar-refractivity contribution >= 4 is 11.9 Å². The number of ether oxygens (including phenoxy) is 1. The maximum Gasteiger partial charge on any atom is 0.573 e. The third-order valence-corrected chi connectivity index (χ3v) is 4.98. The summed E-state index contributed by atoms with van der Waals surface area (Å²) >= 11 is 0. The molecule has 32 heavy (non-hydrogen) atoms. The molecule has 3 aromatic rings. The van der Waals surface area contributed by atoms with Gasteiger partial charge < -0.3 is 10.1 Å². The largest absolute Gasteiger partial charge is 0.573 e. The number of alkyl halides is 3. The second kappa shape index (κ2) is 7.66. The summed E-state index contributed by atoms with van der Waals surface area (Å²) < 4.78 is 55.7. The minimum absolute atomic E-state index is 0.141. The predicted molar refractivity (Wildman–Crippen MR) is 103 cm³/mol. The first kappa shape index (κ1) is 21.3. The number of hydrogen-bond acceptors (Lipinski definition) is 4. The highest BCUT2D eigenvalue weighted by molar-refractivity contribution is 6.07. The molecule has 0 saturated carbocycles. The first-order chi connectivity index (χ1) is 15.0. The molecule has 3 amide bonds. The van der Waals surface area contributed by atoms with Crippen LogP contribution in [0.15, 0.2) is 60.8 Å². The monoisotopic (exact) mass is 448 g/mol. The first-order valence-corrected chi connectivity index (χ1v) is 9.36. The second-order valence-corrected chi connectivity index (χ2v) is 7.25. The number of benzene rings is 2. The van der Waals surface area contributed by atoms with Gasteiger partial charge in [-0.3, -0.25) is 9.69 Å². The number of halogens is 4. The third kappa shape index (κ3) is 4.13. The number of amides is 3. The summed E-state index contributed by atoms with van der Waals surface area (Å²) in [6.07, 6.45) is -3.27. The Morgan fingerprint density at radius 1 is 1.09 bits per heavy atom. The molecule has 1 atom stereocenters. The minimum Gasteiger partial charge on any atom is -0.406 e. The van der Waals surface area contributed by atoms with E-state index in [4.69, 9.17) is 0 Å². The lowest BCUT2D eigenvalue weighted by Crippen LogP contribution is -2.40. The topological polar surface area (TPSA) is 76.5 Å². The highest BCUT2D eigenvalue weighted by Crippen LogP contribution is 2.32. The maximum absolute atomic E-state index is 13.4. The summed E-state index contributed by atoms with van der Waals surface area (Å²) in [6, 6.07) is 11.4. The summed E-state index contributed by atoms with van der Waals surface area (Å²) in [5.74, 6) is -1.47. The molecule has 2 aromatic carbocycles. The Bertz CT molecular complexity index is 1180. The van der Waals surface area contributed by atoms with Crippen LogP contribution in [0.5, 0.6) is 5.75 Å². The number of urea groups is 1. The SMILES string of the molecule is CC1(c2ccc(OC(F)(F)F)cc2)NC(=O)N(Cc2ccn(-c3cccc(F)c3)n2)C1=O. The van der Waals surface area contributed by atoms with Gasteiger partial charge in [0.05, 0.1) is 17.9 Å². The average Bonchev–Trinajstić information content (AvgIpc) is 3.27. The molecule has 1 N–H and O–H groups in total. The van der Waals surface area contributed by atoms with Gasteiger partial charge in [0.2, 0.25) is 0 Å². The van der Waals surface area contributed by atoms with Crippen LogP contribution in [0.2, 0.25) is 0 Å². The van der Waals surface area contributed by atoms with E-state index in [9.17, 15) is 27.2 Å². The van der Waals surface area contributed by atoms with E-state index in [1.54, 1.807) is 18.3 Å². The van der Waals surface area contributed by atoms with E-state index in [2.05, 4.69) is 15.2 Å². The van der Waals surface area contributed by atoms with Gasteiger partial charge in [0, 0.05) is 6.20 Å². The molecule has 0 aliphatic carbocycles. The molecule has 11 heteroatoms. The summed E-state index contributed by atoms with van der Waals surface area (Å²) in [5.41, 5.74) is -0.326. The summed E-state index contributed by atoms with van der Waals surface area (Å²) in [4.78, 5) is 26.5. The van der Waals surface area contributed by atoms with Crippen LogP contribution in [0, 0.1) is 5.82 Å². The zero-order valence-corrected chi connectivity index (χ0v) is 16.6. The van der Waals surface area contributed by atoms with E-state index < -0.39 is 35.4 Å². The van der Waals surface area contributed by atoms with Crippen molar-refractivity contribution in [2.24, 2.45) is 0 Å². The molecule has 0 radical (unpaired) electrons. The predicted octanol–water partition coefficient (Wildman–Crippen LogP) is 3.88. The van der Waals surface area contributed by atoms with Crippen LogP contribution in [-0.2, 0) is 16.9 Å². The van der Waals surface area contributed by atoms with Crippen molar-refractivity contribution in [1.29, 1.82) is 0 Å². The highest BCUT2D eigenvalue weighted by Gasteiger charge is 2.49. The quantitative estimate of drug-likeness (QED) is 0.475. The van der Waals surface area contributed by atoms with Gasteiger partial charge in [-0.25, -0.2) is 13.9 Å². The molecular formula is C21H16F4N4O3. The Hall–Kier alpha value is -3.89. The van der Waals surface area contributed by atoms with Gasteiger partial charge in [0.15, 0.2) is 0 Å². The van der Waals surface area contributed by atoms with Gasteiger partial charge in [0.1, 0.15) is 17.1 Å². The van der Waals surface area contributed by atoms with Crippen molar-refractivity contribution in [3.8, 4) is 11.4 Å².